The van der Waals surface area contributed by atoms with Crippen molar-refractivity contribution >= 4 is 36.1 Å². The molecule has 17 heteroatoms. The molecule has 0 spiro atoms. The molecule has 0 unspecified atom stereocenters. The summed E-state index contributed by atoms with van der Waals surface area (Å²) < 4.78 is 34.0. The van der Waals surface area contributed by atoms with Crippen LogP contribution in [0.3, 0.4) is 0 Å². The Morgan fingerprint density at radius 1 is 0.629 bits per heavy atom. The molecule has 0 aliphatic heterocycles. The lowest BCUT2D eigenvalue weighted by Crippen LogP contribution is -2.30. The van der Waals surface area contributed by atoms with Crippen LogP contribution in [0.1, 0.15) is 150 Å². The van der Waals surface area contributed by atoms with Crippen LogP contribution in [-0.2, 0) is 33.4 Å². The van der Waals surface area contributed by atoms with Crippen molar-refractivity contribution in [3.05, 3.63) is 41.5 Å². The quantitative estimate of drug-likeness (QED) is 0.0146. The van der Waals surface area contributed by atoms with Crippen LogP contribution >= 0.6 is 0 Å². The molecular weight excluding hydrogens is 899 g/mol. The van der Waals surface area contributed by atoms with E-state index in [1.165, 1.54) is 12.1 Å². The SMILES string of the molecule is C=C(C)[C@@H]1CCC(C)=C[C@H]1c1c(OC(=O)CCCCOC(=O)C[C@@H](CN)CC(C)C)cc(OC(=O)NCCCOC(=O)C[C@@H](CN)CC(C)C)cc1OC(=O)NCCCOC(=O)C[C@@H](CN)CC(C)C. The van der Waals surface area contributed by atoms with E-state index in [9.17, 15) is 28.8 Å². The fourth-order valence-corrected chi connectivity index (χ4v) is 8.62. The second kappa shape index (κ2) is 33.6. The fraction of sp³-hybridized carbons (Fsp3) is 0.698. The van der Waals surface area contributed by atoms with Crippen LogP contribution in [0.15, 0.2) is 35.9 Å². The van der Waals surface area contributed by atoms with E-state index in [0.29, 0.717) is 68.6 Å². The first-order valence-electron chi connectivity index (χ1n) is 25.4. The fourth-order valence-electron chi connectivity index (χ4n) is 8.62. The summed E-state index contributed by atoms with van der Waals surface area (Å²) in [4.78, 5) is 77.7. The van der Waals surface area contributed by atoms with Gasteiger partial charge in [-0.05, 0) is 133 Å². The van der Waals surface area contributed by atoms with Gasteiger partial charge in [0, 0.05) is 62.4 Å². The molecule has 396 valence electrons. The van der Waals surface area contributed by atoms with Crippen LogP contribution in [0.5, 0.6) is 17.2 Å². The smallest absolute Gasteiger partial charge is 0.412 e. The third-order valence-corrected chi connectivity index (χ3v) is 12.0. The molecule has 8 N–H and O–H groups in total. The van der Waals surface area contributed by atoms with Crippen molar-refractivity contribution in [2.45, 2.75) is 145 Å². The molecule has 17 nitrogen and oxygen atoms in total. The lowest BCUT2D eigenvalue weighted by Gasteiger charge is -2.32. The van der Waals surface area contributed by atoms with Gasteiger partial charge in [0.15, 0.2) is 0 Å². The van der Waals surface area contributed by atoms with Gasteiger partial charge in [-0.25, -0.2) is 9.59 Å². The van der Waals surface area contributed by atoms with E-state index >= 15 is 0 Å². The third kappa shape index (κ3) is 25.2. The molecule has 70 heavy (non-hydrogen) atoms. The first kappa shape index (κ1) is 61.1. The second-order valence-electron chi connectivity index (χ2n) is 20.1. The van der Waals surface area contributed by atoms with Crippen molar-refractivity contribution < 1.29 is 57.2 Å². The van der Waals surface area contributed by atoms with Crippen molar-refractivity contribution in [3.8, 4) is 17.2 Å². The summed E-state index contributed by atoms with van der Waals surface area (Å²) >= 11 is 0. The molecule has 2 amide bonds. The van der Waals surface area contributed by atoms with E-state index in [-0.39, 0.29) is 117 Å². The zero-order valence-corrected chi connectivity index (χ0v) is 43.5. The Hall–Kier alpha value is -5.00. The van der Waals surface area contributed by atoms with Gasteiger partial charge in [-0.2, -0.15) is 0 Å². The number of ether oxygens (including phenoxy) is 6. The van der Waals surface area contributed by atoms with Crippen LogP contribution in [-0.4, -0.2) is 88.6 Å². The Morgan fingerprint density at radius 3 is 1.49 bits per heavy atom. The number of esters is 4. The van der Waals surface area contributed by atoms with Gasteiger partial charge in [-0.3, -0.25) is 19.2 Å². The Balaban J connectivity index is 2.32. The average molecular weight is 986 g/mol. The number of carbonyl (C=O) groups excluding carboxylic acids is 6. The maximum Gasteiger partial charge on any atom is 0.412 e. The Kier molecular flexibility index (Phi) is 29.3. The first-order valence-corrected chi connectivity index (χ1v) is 25.4. The highest BCUT2D eigenvalue weighted by Gasteiger charge is 2.33. The first-order chi connectivity index (χ1) is 33.2. The molecule has 1 aromatic carbocycles. The molecule has 1 aliphatic rings. The van der Waals surface area contributed by atoms with Crippen LogP contribution in [0.4, 0.5) is 9.59 Å². The molecule has 0 radical (unpaired) electrons. The lowest BCUT2D eigenvalue weighted by atomic mass is 9.74. The molecule has 0 saturated heterocycles. The van der Waals surface area contributed by atoms with Gasteiger partial charge < -0.3 is 56.3 Å². The van der Waals surface area contributed by atoms with E-state index < -0.39 is 24.1 Å². The molecule has 2 rings (SSSR count). The van der Waals surface area contributed by atoms with Crippen LogP contribution in [0.25, 0.3) is 0 Å². The van der Waals surface area contributed by atoms with Crippen molar-refractivity contribution in [3.63, 3.8) is 0 Å². The van der Waals surface area contributed by atoms with E-state index in [1.807, 2.05) is 19.9 Å². The highest BCUT2D eigenvalue weighted by molar-refractivity contribution is 5.77. The minimum atomic E-state index is -0.854. The van der Waals surface area contributed by atoms with Crippen molar-refractivity contribution in [1.29, 1.82) is 0 Å². The number of nitrogens with two attached hydrogens (primary N) is 3. The second-order valence-corrected chi connectivity index (χ2v) is 20.1. The van der Waals surface area contributed by atoms with Crippen molar-refractivity contribution in [2.75, 3.05) is 52.5 Å². The lowest BCUT2D eigenvalue weighted by molar-refractivity contribution is -0.146. The molecule has 0 heterocycles. The number of rotatable bonds is 33. The number of amides is 2. The predicted octanol–water partition coefficient (Wildman–Crippen LogP) is 8.40. The van der Waals surface area contributed by atoms with Crippen molar-refractivity contribution in [2.24, 2.45) is 58.6 Å². The number of carbonyl (C=O) groups is 6. The molecule has 0 fully saturated rings. The summed E-state index contributed by atoms with van der Waals surface area (Å²) in [5.74, 6) is -1.05. The topological polar surface area (TPSA) is 260 Å². The van der Waals surface area contributed by atoms with Crippen LogP contribution in [0, 0.1) is 41.4 Å². The van der Waals surface area contributed by atoms with Crippen molar-refractivity contribution in [1.82, 2.24) is 10.6 Å². The number of benzene rings is 1. The zero-order valence-electron chi connectivity index (χ0n) is 43.5. The standard InChI is InChI=1S/C53H87N5O12/c1-34(2)22-39(31-54)26-48(60)65-19-11-10-14-47(59)69-45-29-42(68-52(63)57-17-12-20-66-49(61)27-40(32-55)23-35(3)4)30-46(51(45)44-25-38(9)15-16-43(44)37(7)8)70-53(64)58-18-13-21-67-50(62)28-41(33-56)24-36(5)6/h25,29-30,34-36,39-41,43-44H,7,10-24,26-28,31-33,54-56H2,1-6,8-9H3,(H,57,63)(H,58,64)/t39-,40-,41-,43-,44+/m0/s1. The van der Waals surface area contributed by atoms with Gasteiger partial charge in [-0.15, -0.1) is 0 Å². The maximum atomic E-state index is 13.6. The van der Waals surface area contributed by atoms with Gasteiger partial charge >= 0.3 is 36.1 Å². The summed E-state index contributed by atoms with van der Waals surface area (Å²) in [6, 6.07) is 2.80. The monoisotopic (exact) mass is 986 g/mol. The summed E-state index contributed by atoms with van der Waals surface area (Å²) in [5, 5.41) is 5.34. The summed E-state index contributed by atoms with van der Waals surface area (Å²) in [6.07, 6.45) is 6.29. The van der Waals surface area contributed by atoms with Gasteiger partial charge in [0.1, 0.15) is 17.2 Å². The highest BCUT2D eigenvalue weighted by Crippen LogP contribution is 2.48. The number of nitrogens with one attached hydrogen (secondary N) is 2. The summed E-state index contributed by atoms with van der Waals surface area (Å²) in [5.41, 5.74) is 19.9. The summed E-state index contributed by atoms with van der Waals surface area (Å²) in [6.45, 7) is 22.2. The molecule has 1 aromatic rings. The number of hydrogen-bond acceptors (Lipinski definition) is 15. The zero-order chi connectivity index (χ0) is 52.2. The van der Waals surface area contributed by atoms with Gasteiger partial charge in [0.25, 0.3) is 0 Å². The Morgan fingerprint density at radius 2 is 1.06 bits per heavy atom. The molecular formula is C53H87N5O12. The molecule has 0 bridgehead atoms. The largest absolute Gasteiger partial charge is 0.466 e. The minimum absolute atomic E-state index is 0.0162. The predicted molar refractivity (Wildman–Crippen MR) is 270 cm³/mol. The number of hydrogen-bond donors (Lipinski definition) is 5. The van der Waals surface area contributed by atoms with Gasteiger partial charge in [0.2, 0.25) is 0 Å². The van der Waals surface area contributed by atoms with Crippen LogP contribution in [0.2, 0.25) is 0 Å². The minimum Gasteiger partial charge on any atom is -0.466 e. The van der Waals surface area contributed by atoms with E-state index in [1.54, 1.807) is 0 Å². The van der Waals surface area contributed by atoms with E-state index in [4.69, 9.17) is 45.6 Å². The average Bonchev–Trinajstić information content (AvgIpc) is 3.27. The Bertz CT molecular complexity index is 1770. The van der Waals surface area contributed by atoms with E-state index in [2.05, 4.69) is 58.8 Å². The summed E-state index contributed by atoms with van der Waals surface area (Å²) in [7, 11) is 0. The van der Waals surface area contributed by atoms with E-state index in [0.717, 1.165) is 43.3 Å². The van der Waals surface area contributed by atoms with Gasteiger partial charge in [0.05, 0.1) is 19.8 Å². The maximum absolute atomic E-state index is 13.6. The normalized spacial score (nSPS) is 15.9. The number of unbranched alkanes of at least 4 members (excludes halogenated alkanes) is 1. The molecule has 1 aliphatic carbocycles. The molecule has 5 atom stereocenters. The highest BCUT2D eigenvalue weighted by atomic mass is 16.6. The number of allylic oxidation sites excluding steroid dienone is 3. The third-order valence-electron chi connectivity index (χ3n) is 12.0. The van der Waals surface area contributed by atoms with Crippen LogP contribution < -0.4 is 42.0 Å². The van der Waals surface area contributed by atoms with Gasteiger partial charge in [-0.1, -0.05) is 65.3 Å². The Labute approximate surface area is 417 Å². The molecule has 0 aromatic heterocycles. The molecule has 0 saturated carbocycles.